The molecule has 0 amide bonds. The van der Waals surface area contributed by atoms with E-state index in [1.807, 2.05) is 17.1 Å². The number of nitrogens with one attached hydrogen (secondary N) is 2. The molecule has 5 nitrogen and oxygen atoms in total. The molecule has 2 aromatic rings. The third kappa shape index (κ3) is 3.06. The summed E-state index contributed by atoms with van der Waals surface area (Å²) in [6.07, 6.45) is 6.55. The van der Waals surface area contributed by atoms with Gasteiger partial charge < -0.3 is 10.3 Å². The smallest absolute Gasteiger partial charge is 0.129 e. The zero-order valence-corrected chi connectivity index (χ0v) is 13.1. The van der Waals surface area contributed by atoms with E-state index in [0.717, 1.165) is 29.0 Å². The van der Waals surface area contributed by atoms with Crippen LogP contribution in [0.2, 0.25) is 0 Å². The topological polar surface area (TPSA) is 58.5 Å². The van der Waals surface area contributed by atoms with Gasteiger partial charge in [-0.1, -0.05) is 6.92 Å². The van der Waals surface area contributed by atoms with E-state index in [1.54, 1.807) is 6.20 Å². The summed E-state index contributed by atoms with van der Waals surface area (Å²) in [5, 5.41) is 7.97. The normalized spacial score (nSPS) is 13.1. The van der Waals surface area contributed by atoms with Crippen molar-refractivity contribution in [3.63, 3.8) is 0 Å². The molecule has 6 heteroatoms. The van der Waals surface area contributed by atoms with Crippen molar-refractivity contribution in [2.45, 2.75) is 39.3 Å². The number of aromatic amines is 1. The molecule has 0 aliphatic carbocycles. The predicted molar refractivity (Wildman–Crippen MR) is 79.0 cm³/mol. The minimum absolute atomic E-state index is 0.0224. The Morgan fingerprint density at radius 3 is 2.84 bits per heavy atom. The van der Waals surface area contributed by atoms with Crippen LogP contribution in [0.4, 0.5) is 0 Å². The largest absolute Gasteiger partial charge is 0.347 e. The van der Waals surface area contributed by atoms with E-state index in [2.05, 4.69) is 57.1 Å². The van der Waals surface area contributed by atoms with E-state index in [1.165, 1.54) is 0 Å². The molecule has 0 spiro atoms. The molecule has 2 aromatic heterocycles. The van der Waals surface area contributed by atoms with Gasteiger partial charge in [-0.3, -0.25) is 4.68 Å². The lowest BCUT2D eigenvalue weighted by atomic mass is 10.1. The van der Waals surface area contributed by atoms with Crippen molar-refractivity contribution in [1.29, 1.82) is 0 Å². The molecule has 0 aliphatic rings. The standard InChI is InChI=1S/C13H20BrN5/c1-4-5-15-11(13-16-6-7-17-13)12-10(14)8-18-19(12)9(2)3/h6-9,11,15H,4-5H2,1-3H3,(H,16,17). The van der Waals surface area contributed by atoms with Gasteiger partial charge in [-0.05, 0) is 42.7 Å². The van der Waals surface area contributed by atoms with Gasteiger partial charge in [0.1, 0.15) is 11.9 Å². The Morgan fingerprint density at radius 1 is 1.47 bits per heavy atom. The summed E-state index contributed by atoms with van der Waals surface area (Å²) in [5.41, 5.74) is 1.11. The average Bonchev–Trinajstić information content (AvgIpc) is 3.01. The summed E-state index contributed by atoms with van der Waals surface area (Å²) < 4.78 is 3.03. The van der Waals surface area contributed by atoms with Gasteiger partial charge in [0, 0.05) is 18.4 Å². The number of hydrogen-bond acceptors (Lipinski definition) is 3. The van der Waals surface area contributed by atoms with Gasteiger partial charge in [0.25, 0.3) is 0 Å². The number of halogens is 1. The zero-order chi connectivity index (χ0) is 13.8. The summed E-state index contributed by atoms with van der Waals surface area (Å²) >= 11 is 3.60. The second kappa shape index (κ2) is 6.34. The molecule has 0 aliphatic heterocycles. The fourth-order valence-electron chi connectivity index (χ4n) is 2.08. The highest BCUT2D eigenvalue weighted by Gasteiger charge is 2.24. The first-order chi connectivity index (χ1) is 9.15. The van der Waals surface area contributed by atoms with Crippen LogP contribution in [0.5, 0.6) is 0 Å². The highest BCUT2D eigenvalue weighted by atomic mass is 79.9. The summed E-state index contributed by atoms with van der Waals surface area (Å²) in [6, 6.07) is 0.330. The summed E-state index contributed by atoms with van der Waals surface area (Å²) in [6.45, 7) is 7.34. The second-order valence-corrected chi connectivity index (χ2v) is 5.63. The average molecular weight is 326 g/mol. The highest BCUT2D eigenvalue weighted by Crippen LogP contribution is 2.28. The first-order valence-corrected chi connectivity index (χ1v) is 7.40. The first-order valence-electron chi connectivity index (χ1n) is 6.60. The molecule has 1 unspecified atom stereocenters. The Balaban J connectivity index is 2.40. The van der Waals surface area contributed by atoms with Crippen molar-refractivity contribution in [3.8, 4) is 0 Å². The van der Waals surface area contributed by atoms with Gasteiger partial charge in [-0.25, -0.2) is 4.98 Å². The number of imidazole rings is 1. The Labute approximate surface area is 121 Å². The monoisotopic (exact) mass is 325 g/mol. The predicted octanol–water partition coefficient (Wildman–Crippen LogP) is 3.04. The maximum atomic E-state index is 4.44. The van der Waals surface area contributed by atoms with Crippen LogP contribution in [-0.2, 0) is 0 Å². The van der Waals surface area contributed by atoms with Gasteiger partial charge in [0.2, 0.25) is 0 Å². The molecule has 0 radical (unpaired) electrons. The second-order valence-electron chi connectivity index (χ2n) is 4.78. The number of H-pyrrole nitrogens is 1. The van der Waals surface area contributed by atoms with E-state index in [4.69, 9.17) is 0 Å². The maximum Gasteiger partial charge on any atom is 0.129 e. The lowest BCUT2D eigenvalue weighted by molar-refractivity contribution is 0.463. The van der Waals surface area contributed by atoms with E-state index in [9.17, 15) is 0 Å². The minimum atomic E-state index is 0.0224. The maximum absolute atomic E-state index is 4.44. The van der Waals surface area contributed by atoms with Crippen molar-refractivity contribution >= 4 is 15.9 Å². The minimum Gasteiger partial charge on any atom is -0.347 e. The van der Waals surface area contributed by atoms with Crippen LogP contribution in [0, 0.1) is 0 Å². The van der Waals surface area contributed by atoms with Crippen molar-refractivity contribution in [2.75, 3.05) is 6.54 Å². The van der Waals surface area contributed by atoms with E-state index < -0.39 is 0 Å². The van der Waals surface area contributed by atoms with Crippen LogP contribution >= 0.6 is 15.9 Å². The summed E-state index contributed by atoms with van der Waals surface area (Å²) in [5.74, 6) is 0.913. The summed E-state index contributed by atoms with van der Waals surface area (Å²) in [7, 11) is 0. The number of rotatable bonds is 6. The Morgan fingerprint density at radius 2 is 2.26 bits per heavy atom. The molecule has 2 heterocycles. The molecule has 0 fully saturated rings. The molecule has 0 saturated carbocycles. The van der Waals surface area contributed by atoms with Crippen molar-refractivity contribution in [2.24, 2.45) is 0 Å². The molecule has 2 rings (SSSR count). The van der Waals surface area contributed by atoms with Crippen molar-refractivity contribution in [3.05, 3.63) is 34.6 Å². The number of aromatic nitrogens is 4. The van der Waals surface area contributed by atoms with Crippen molar-refractivity contribution < 1.29 is 0 Å². The molecule has 0 saturated heterocycles. The van der Waals surface area contributed by atoms with Gasteiger partial charge >= 0.3 is 0 Å². The Bertz CT molecular complexity index is 503. The van der Waals surface area contributed by atoms with Gasteiger partial charge in [0.15, 0.2) is 0 Å². The fourth-order valence-corrected chi connectivity index (χ4v) is 2.58. The highest BCUT2D eigenvalue weighted by molar-refractivity contribution is 9.10. The number of hydrogen-bond donors (Lipinski definition) is 2. The molecular formula is C13H20BrN5. The molecule has 0 bridgehead atoms. The van der Waals surface area contributed by atoms with Crippen LogP contribution in [0.3, 0.4) is 0 Å². The van der Waals surface area contributed by atoms with Crippen LogP contribution in [0.1, 0.15) is 50.8 Å². The van der Waals surface area contributed by atoms with Crippen LogP contribution in [0.25, 0.3) is 0 Å². The molecule has 104 valence electrons. The third-order valence-corrected chi connectivity index (χ3v) is 3.55. The van der Waals surface area contributed by atoms with E-state index >= 15 is 0 Å². The number of nitrogens with zero attached hydrogens (tertiary/aromatic N) is 3. The molecule has 2 N–H and O–H groups in total. The van der Waals surface area contributed by atoms with Gasteiger partial charge in [-0.15, -0.1) is 0 Å². The fraction of sp³-hybridized carbons (Fsp3) is 0.538. The van der Waals surface area contributed by atoms with Gasteiger partial charge in [0.05, 0.1) is 16.4 Å². The summed E-state index contributed by atoms with van der Waals surface area (Å²) in [4.78, 5) is 7.58. The quantitative estimate of drug-likeness (QED) is 0.858. The third-order valence-electron chi connectivity index (χ3n) is 2.94. The van der Waals surface area contributed by atoms with Crippen LogP contribution in [0.15, 0.2) is 23.1 Å². The van der Waals surface area contributed by atoms with Crippen LogP contribution < -0.4 is 5.32 Å². The molecule has 1 atom stereocenters. The Kier molecular flexibility index (Phi) is 4.76. The van der Waals surface area contributed by atoms with Crippen LogP contribution in [-0.4, -0.2) is 26.3 Å². The van der Waals surface area contributed by atoms with E-state index in [-0.39, 0.29) is 6.04 Å². The SMILES string of the molecule is CCCNC(c1ncc[nH]1)c1c(Br)cnn1C(C)C. The molecular weight excluding hydrogens is 306 g/mol. The lowest BCUT2D eigenvalue weighted by Crippen LogP contribution is -2.27. The van der Waals surface area contributed by atoms with Crippen molar-refractivity contribution in [1.82, 2.24) is 25.1 Å². The first kappa shape index (κ1) is 14.3. The molecule has 0 aromatic carbocycles. The zero-order valence-electron chi connectivity index (χ0n) is 11.5. The Hall–Kier alpha value is -1.14. The van der Waals surface area contributed by atoms with E-state index in [0.29, 0.717) is 6.04 Å². The molecule has 19 heavy (non-hydrogen) atoms. The van der Waals surface area contributed by atoms with Gasteiger partial charge in [-0.2, -0.15) is 5.10 Å². The lowest BCUT2D eigenvalue weighted by Gasteiger charge is -2.20.